The Kier molecular flexibility index (Phi) is 16.4. The molecule has 5 heteroatoms. The maximum atomic E-state index is 12.0. The predicted molar refractivity (Wildman–Crippen MR) is 114 cm³/mol. The molecule has 0 spiro atoms. The lowest BCUT2D eigenvalue weighted by Gasteiger charge is -2.23. The number of ether oxygens (including phenoxy) is 1. The zero-order valence-corrected chi connectivity index (χ0v) is 18.4. The molecule has 0 radical (unpaired) electrons. The van der Waals surface area contributed by atoms with Gasteiger partial charge in [-0.2, -0.15) is 0 Å². The summed E-state index contributed by atoms with van der Waals surface area (Å²) >= 11 is 0. The van der Waals surface area contributed by atoms with Crippen molar-refractivity contribution >= 4 is 5.97 Å². The number of unbranched alkanes of at least 4 members (excludes halogenated alkanes) is 7. The van der Waals surface area contributed by atoms with Gasteiger partial charge in [-0.05, 0) is 46.0 Å². The van der Waals surface area contributed by atoms with Gasteiger partial charge in [0.1, 0.15) is 12.7 Å². The van der Waals surface area contributed by atoms with Crippen LogP contribution >= 0.6 is 0 Å². The van der Waals surface area contributed by atoms with E-state index in [0.717, 1.165) is 57.8 Å². The highest BCUT2D eigenvalue weighted by Gasteiger charge is 2.29. The summed E-state index contributed by atoms with van der Waals surface area (Å²) in [7, 11) is 0. The fraction of sp³-hybridized carbons (Fsp3) is 0.870. The van der Waals surface area contributed by atoms with Crippen LogP contribution in [0.15, 0.2) is 12.2 Å². The quantitative estimate of drug-likeness (QED) is 0.179. The monoisotopic (exact) mass is 400 g/mol. The van der Waals surface area contributed by atoms with Crippen molar-refractivity contribution in [1.82, 2.24) is 0 Å². The first kappa shape index (κ1) is 27.1. The minimum atomic E-state index is -1.00. The van der Waals surface area contributed by atoms with Crippen LogP contribution in [-0.2, 0) is 9.53 Å². The minimum Gasteiger partial charge on any atom is -0.462 e. The molecular formula is C23H44O5. The summed E-state index contributed by atoms with van der Waals surface area (Å²) in [5.74, 6) is -0.323. The summed E-state index contributed by atoms with van der Waals surface area (Å²) in [5.41, 5.74) is -0.567. The van der Waals surface area contributed by atoms with Crippen molar-refractivity contribution in [2.24, 2.45) is 5.41 Å². The maximum Gasteiger partial charge on any atom is 0.311 e. The molecule has 0 aliphatic heterocycles. The maximum absolute atomic E-state index is 12.0. The molecule has 166 valence electrons. The lowest BCUT2D eigenvalue weighted by molar-refractivity contribution is -0.158. The van der Waals surface area contributed by atoms with Gasteiger partial charge in [0.15, 0.2) is 0 Å². The summed E-state index contributed by atoms with van der Waals surface area (Å²) in [4.78, 5) is 12.0. The topological polar surface area (TPSA) is 87.0 Å². The van der Waals surface area contributed by atoms with Gasteiger partial charge in [0.05, 0.1) is 18.1 Å². The molecule has 0 aromatic rings. The Balaban J connectivity index is 3.67. The summed E-state index contributed by atoms with van der Waals surface area (Å²) < 4.78 is 5.06. The van der Waals surface area contributed by atoms with E-state index in [1.807, 2.05) is 13.8 Å². The van der Waals surface area contributed by atoms with E-state index in [9.17, 15) is 15.0 Å². The Hall–Kier alpha value is -0.910. The van der Waals surface area contributed by atoms with Crippen LogP contribution in [0.5, 0.6) is 0 Å². The van der Waals surface area contributed by atoms with Crippen LogP contribution in [0.25, 0.3) is 0 Å². The minimum absolute atomic E-state index is 0.154. The molecule has 3 N–H and O–H groups in total. The molecule has 0 fully saturated rings. The fourth-order valence-electron chi connectivity index (χ4n) is 3.00. The third kappa shape index (κ3) is 15.1. The van der Waals surface area contributed by atoms with Crippen LogP contribution < -0.4 is 0 Å². The van der Waals surface area contributed by atoms with Gasteiger partial charge < -0.3 is 20.1 Å². The number of aliphatic hydroxyl groups excluding tert-OH is 3. The zero-order chi connectivity index (χ0) is 21.3. The van der Waals surface area contributed by atoms with E-state index < -0.39 is 18.1 Å². The molecule has 5 nitrogen and oxygen atoms in total. The largest absolute Gasteiger partial charge is 0.462 e. The molecule has 0 saturated carbocycles. The van der Waals surface area contributed by atoms with Gasteiger partial charge in [0, 0.05) is 0 Å². The lowest BCUT2D eigenvalue weighted by atomic mass is 9.87. The molecule has 0 heterocycles. The molecule has 28 heavy (non-hydrogen) atoms. The van der Waals surface area contributed by atoms with Gasteiger partial charge in [-0.3, -0.25) is 4.79 Å². The number of aliphatic hydroxyl groups is 3. The SMILES string of the molecule is CCCCCCC(O)C/C=C\CCCCCCC(C)(C)C(=O)OCC(O)CO. The second kappa shape index (κ2) is 17.0. The Bertz CT molecular complexity index is 406. The average molecular weight is 401 g/mol. The second-order valence-corrected chi connectivity index (χ2v) is 8.48. The van der Waals surface area contributed by atoms with E-state index in [4.69, 9.17) is 9.84 Å². The molecule has 2 unspecified atom stereocenters. The number of allylic oxidation sites excluding steroid dienone is 1. The van der Waals surface area contributed by atoms with Crippen LogP contribution in [0.3, 0.4) is 0 Å². The van der Waals surface area contributed by atoms with Crippen LogP contribution in [0, 0.1) is 5.41 Å². The molecule has 0 aliphatic rings. The van der Waals surface area contributed by atoms with Crippen molar-refractivity contribution in [2.75, 3.05) is 13.2 Å². The first-order valence-corrected chi connectivity index (χ1v) is 11.1. The zero-order valence-electron chi connectivity index (χ0n) is 18.4. The highest BCUT2D eigenvalue weighted by atomic mass is 16.5. The third-order valence-corrected chi connectivity index (χ3v) is 5.06. The molecule has 0 aliphatic carbocycles. The van der Waals surface area contributed by atoms with E-state index >= 15 is 0 Å². The summed E-state index contributed by atoms with van der Waals surface area (Å²) in [6, 6.07) is 0. The van der Waals surface area contributed by atoms with Gasteiger partial charge in [-0.15, -0.1) is 0 Å². The first-order valence-electron chi connectivity index (χ1n) is 11.1. The van der Waals surface area contributed by atoms with Gasteiger partial charge in [0.25, 0.3) is 0 Å². The summed E-state index contributed by atoms with van der Waals surface area (Å²) in [6.07, 6.45) is 15.6. The lowest BCUT2D eigenvalue weighted by Crippen LogP contribution is -2.30. The molecule has 0 rings (SSSR count). The van der Waals surface area contributed by atoms with E-state index in [-0.39, 0.29) is 18.7 Å². The smallest absolute Gasteiger partial charge is 0.311 e. The summed E-state index contributed by atoms with van der Waals surface area (Å²) in [5, 5.41) is 27.9. The third-order valence-electron chi connectivity index (χ3n) is 5.06. The Morgan fingerprint density at radius 3 is 2.32 bits per heavy atom. The number of esters is 1. The van der Waals surface area contributed by atoms with Crippen LogP contribution in [0.2, 0.25) is 0 Å². The molecular weight excluding hydrogens is 356 g/mol. The molecule has 2 atom stereocenters. The Labute approximate surface area is 172 Å². The predicted octanol–water partition coefficient (Wildman–Crippen LogP) is 4.53. The molecule has 0 amide bonds. The van der Waals surface area contributed by atoms with Crippen LogP contribution in [-0.4, -0.2) is 46.7 Å². The Morgan fingerprint density at radius 2 is 1.64 bits per heavy atom. The number of hydrogen-bond acceptors (Lipinski definition) is 5. The van der Waals surface area contributed by atoms with Crippen molar-refractivity contribution in [2.45, 2.75) is 110 Å². The molecule has 0 aromatic carbocycles. The molecule has 0 aromatic heterocycles. The highest BCUT2D eigenvalue weighted by Crippen LogP contribution is 2.26. The average Bonchev–Trinajstić information content (AvgIpc) is 2.67. The summed E-state index contributed by atoms with van der Waals surface area (Å²) in [6.45, 7) is 5.35. The van der Waals surface area contributed by atoms with E-state index in [2.05, 4.69) is 19.1 Å². The van der Waals surface area contributed by atoms with E-state index in [0.29, 0.717) is 0 Å². The van der Waals surface area contributed by atoms with Crippen LogP contribution in [0.4, 0.5) is 0 Å². The molecule has 0 bridgehead atoms. The van der Waals surface area contributed by atoms with Crippen molar-refractivity contribution in [3.8, 4) is 0 Å². The van der Waals surface area contributed by atoms with Gasteiger partial charge in [0.2, 0.25) is 0 Å². The van der Waals surface area contributed by atoms with Crippen LogP contribution in [0.1, 0.15) is 97.8 Å². The second-order valence-electron chi connectivity index (χ2n) is 8.48. The normalized spacial score (nSPS) is 14.4. The highest BCUT2D eigenvalue weighted by molar-refractivity contribution is 5.75. The van der Waals surface area contributed by atoms with Crippen molar-refractivity contribution in [3.63, 3.8) is 0 Å². The molecule has 0 saturated heterocycles. The van der Waals surface area contributed by atoms with Gasteiger partial charge in [-0.25, -0.2) is 0 Å². The first-order chi connectivity index (χ1) is 13.3. The van der Waals surface area contributed by atoms with Crippen molar-refractivity contribution in [1.29, 1.82) is 0 Å². The standard InChI is InChI=1S/C23H44O5/c1-4-5-6-12-15-20(25)16-13-10-8-7-9-11-14-17-23(2,3)22(27)28-19-21(26)18-24/h10,13,20-21,24-26H,4-9,11-12,14-19H2,1-3H3/b13-10-. The van der Waals surface area contributed by atoms with Gasteiger partial charge >= 0.3 is 5.97 Å². The van der Waals surface area contributed by atoms with E-state index in [1.165, 1.54) is 19.3 Å². The van der Waals surface area contributed by atoms with Crippen molar-refractivity contribution in [3.05, 3.63) is 12.2 Å². The van der Waals surface area contributed by atoms with Gasteiger partial charge in [-0.1, -0.05) is 64.0 Å². The Morgan fingerprint density at radius 1 is 0.964 bits per heavy atom. The number of carbonyl (C=O) groups is 1. The number of carbonyl (C=O) groups excluding carboxylic acids is 1. The number of hydrogen-bond donors (Lipinski definition) is 3. The van der Waals surface area contributed by atoms with Crippen molar-refractivity contribution < 1.29 is 24.9 Å². The fourth-order valence-corrected chi connectivity index (χ4v) is 3.00. The number of rotatable bonds is 18. The van der Waals surface area contributed by atoms with E-state index in [1.54, 1.807) is 0 Å².